The van der Waals surface area contributed by atoms with E-state index in [0.717, 1.165) is 18.6 Å². The highest BCUT2D eigenvalue weighted by Gasteiger charge is 2.30. The summed E-state index contributed by atoms with van der Waals surface area (Å²) >= 11 is 0. The molecule has 1 aromatic carbocycles. The summed E-state index contributed by atoms with van der Waals surface area (Å²) < 4.78 is 10.8. The quantitative estimate of drug-likeness (QED) is 0.713. The second-order valence-corrected chi connectivity index (χ2v) is 7.20. The summed E-state index contributed by atoms with van der Waals surface area (Å²) in [6, 6.07) is 10.8. The molecule has 0 aliphatic carbocycles. The average molecular weight is 399 g/mol. The third kappa shape index (κ3) is 5.60. The van der Waals surface area contributed by atoms with E-state index in [2.05, 4.69) is 15.5 Å². The number of para-hydroxylation sites is 2. The van der Waals surface area contributed by atoms with Crippen molar-refractivity contribution in [3.63, 3.8) is 0 Å². The van der Waals surface area contributed by atoms with Crippen LogP contribution in [0.15, 0.2) is 47.1 Å². The van der Waals surface area contributed by atoms with E-state index in [4.69, 9.17) is 9.15 Å². The van der Waals surface area contributed by atoms with Gasteiger partial charge in [0.15, 0.2) is 0 Å². The Morgan fingerprint density at radius 1 is 1.21 bits per heavy atom. The number of benzene rings is 1. The smallest absolute Gasteiger partial charge is 0.241 e. The molecule has 1 fully saturated rings. The molecule has 2 amide bonds. The molecule has 0 radical (unpaired) electrons. The van der Waals surface area contributed by atoms with E-state index < -0.39 is 0 Å². The zero-order chi connectivity index (χ0) is 20.6. The largest absolute Gasteiger partial charge is 0.492 e. The number of ether oxygens (including phenoxy) is 1. The molecule has 3 rings (SSSR count). The lowest BCUT2D eigenvalue weighted by Gasteiger charge is -2.34. The van der Waals surface area contributed by atoms with Gasteiger partial charge >= 0.3 is 0 Å². The van der Waals surface area contributed by atoms with E-state index in [1.165, 1.54) is 0 Å². The van der Waals surface area contributed by atoms with Gasteiger partial charge in [0.25, 0.3) is 0 Å². The van der Waals surface area contributed by atoms with Crippen LogP contribution in [0.4, 0.5) is 5.69 Å². The van der Waals surface area contributed by atoms with Crippen LogP contribution in [0.25, 0.3) is 0 Å². The number of piperidine rings is 1. The van der Waals surface area contributed by atoms with E-state index in [9.17, 15) is 9.59 Å². The molecule has 29 heavy (non-hydrogen) atoms. The predicted octanol–water partition coefficient (Wildman–Crippen LogP) is 3.03. The van der Waals surface area contributed by atoms with E-state index in [1.807, 2.05) is 44.2 Å². The molecule has 1 aliphatic heterocycles. The van der Waals surface area contributed by atoms with Crippen molar-refractivity contribution in [2.75, 3.05) is 25.0 Å². The standard InChI is InChI=1S/C22H29N3O4/c1-3-28-20-9-5-4-8-19(20)24-21(26)16(2)25-12-10-17(11-13-25)22(27)23-15-18-7-6-14-29-18/h4-9,14,16-17H,3,10-13,15H2,1-2H3,(H,23,27)(H,24,26). The molecule has 2 aromatic rings. The minimum Gasteiger partial charge on any atom is -0.492 e. The van der Waals surface area contributed by atoms with Crippen molar-refractivity contribution in [1.29, 1.82) is 0 Å². The number of hydrogen-bond donors (Lipinski definition) is 2. The second-order valence-electron chi connectivity index (χ2n) is 7.20. The van der Waals surface area contributed by atoms with Crippen LogP contribution in [0.1, 0.15) is 32.4 Å². The summed E-state index contributed by atoms with van der Waals surface area (Å²) in [5.41, 5.74) is 0.679. The zero-order valence-electron chi connectivity index (χ0n) is 17.0. The fraction of sp³-hybridized carbons (Fsp3) is 0.455. The third-order valence-corrected chi connectivity index (χ3v) is 5.29. The van der Waals surface area contributed by atoms with Gasteiger partial charge in [-0.15, -0.1) is 0 Å². The predicted molar refractivity (Wildman–Crippen MR) is 111 cm³/mol. The SMILES string of the molecule is CCOc1ccccc1NC(=O)C(C)N1CCC(C(=O)NCc2ccco2)CC1. The van der Waals surface area contributed by atoms with Crippen molar-refractivity contribution in [1.82, 2.24) is 10.2 Å². The molecule has 0 saturated carbocycles. The summed E-state index contributed by atoms with van der Waals surface area (Å²) in [7, 11) is 0. The normalized spacial score (nSPS) is 16.2. The number of rotatable bonds is 8. The molecule has 7 nitrogen and oxygen atoms in total. The molecule has 1 aliphatic rings. The van der Waals surface area contributed by atoms with Crippen molar-refractivity contribution >= 4 is 17.5 Å². The lowest BCUT2D eigenvalue weighted by atomic mass is 9.95. The summed E-state index contributed by atoms with van der Waals surface area (Å²) in [6.07, 6.45) is 3.06. The van der Waals surface area contributed by atoms with Gasteiger partial charge in [-0.3, -0.25) is 14.5 Å². The van der Waals surface area contributed by atoms with Crippen molar-refractivity contribution in [2.45, 2.75) is 39.3 Å². The number of anilines is 1. The molecule has 7 heteroatoms. The first-order valence-corrected chi connectivity index (χ1v) is 10.1. The van der Waals surface area contributed by atoms with Crippen LogP contribution in [0.2, 0.25) is 0 Å². The van der Waals surface area contributed by atoms with E-state index >= 15 is 0 Å². The molecule has 1 atom stereocenters. The Morgan fingerprint density at radius 2 is 1.97 bits per heavy atom. The van der Waals surface area contributed by atoms with Crippen LogP contribution in [0.5, 0.6) is 5.75 Å². The van der Waals surface area contributed by atoms with Gasteiger partial charge < -0.3 is 19.8 Å². The Labute approximate surface area is 171 Å². The summed E-state index contributed by atoms with van der Waals surface area (Å²) in [5.74, 6) is 1.35. The van der Waals surface area contributed by atoms with Crippen LogP contribution in [-0.4, -0.2) is 42.5 Å². The number of furan rings is 1. The fourth-order valence-electron chi connectivity index (χ4n) is 3.53. The molecule has 2 N–H and O–H groups in total. The van der Waals surface area contributed by atoms with E-state index in [0.29, 0.717) is 37.7 Å². The Balaban J connectivity index is 1.47. The summed E-state index contributed by atoms with van der Waals surface area (Å²) in [5, 5.41) is 5.90. The molecule has 1 unspecified atom stereocenters. The van der Waals surface area contributed by atoms with Gasteiger partial charge in [-0.1, -0.05) is 12.1 Å². The van der Waals surface area contributed by atoms with Crippen molar-refractivity contribution in [3.05, 3.63) is 48.4 Å². The van der Waals surface area contributed by atoms with Crippen LogP contribution < -0.4 is 15.4 Å². The number of carbonyl (C=O) groups excluding carboxylic acids is 2. The Bertz CT molecular complexity index is 798. The number of likely N-dealkylation sites (tertiary alicyclic amines) is 1. The second kappa shape index (κ2) is 10.1. The van der Waals surface area contributed by atoms with Crippen LogP contribution in [0, 0.1) is 5.92 Å². The van der Waals surface area contributed by atoms with E-state index in [-0.39, 0.29) is 23.8 Å². The highest BCUT2D eigenvalue weighted by Crippen LogP contribution is 2.25. The molecule has 1 aromatic heterocycles. The monoisotopic (exact) mass is 399 g/mol. The van der Waals surface area contributed by atoms with Crippen molar-refractivity contribution in [3.8, 4) is 5.75 Å². The molecule has 2 heterocycles. The van der Waals surface area contributed by atoms with Gasteiger partial charge in [-0.25, -0.2) is 0 Å². The van der Waals surface area contributed by atoms with Crippen LogP contribution in [-0.2, 0) is 16.1 Å². The Morgan fingerprint density at radius 3 is 2.66 bits per heavy atom. The molecular weight excluding hydrogens is 370 g/mol. The van der Waals surface area contributed by atoms with Gasteiger partial charge in [0, 0.05) is 5.92 Å². The molecule has 0 spiro atoms. The molecule has 156 valence electrons. The highest BCUT2D eigenvalue weighted by atomic mass is 16.5. The van der Waals surface area contributed by atoms with Gasteiger partial charge in [0.1, 0.15) is 11.5 Å². The maximum Gasteiger partial charge on any atom is 0.241 e. The summed E-state index contributed by atoms with van der Waals surface area (Å²) in [6.45, 7) is 6.18. The van der Waals surface area contributed by atoms with E-state index in [1.54, 1.807) is 12.3 Å². The average Bonchev–Trinajstić information content (AvgIpc) is 3.27. The van der Waals surface area contributed by atoms with Gasteiger partial charge in [0.2, 0.25) is 11.8 Å². The van der Waals surface area contributed by atoms with Crippen molar-refractivity contribution in [2.24, 2.45) is 5.92 Å². The lowest BCUT2D eigenvalue weighted by molar-refractivity contribution is -0.127. The van der Waals surface area contributed by atoms with Crippen molar-refractivity contribution < 1.29 is 18.7 Å². The first kappa shape index (κ1) is 20.9. The van der Waals surface area contributed by atoms with Gasteiger partial charge in [0.05, 0.1) is 31.1 Å². The molecule has 1 saturated heterocycles. The Hall–Kier alpha value is -2.80. The first-order valence-electron chi connectivity index (χ1n) is 10.1. The number of amides is 2. The number of nitrogens with one attached hydrogen (secondary N) is 2. The van der Waals surface area contributed by atoms with Gasteiger partial charge in [-0.05, 0) is 64.0 Å². The van der Waals surface area contributed by atoms with Gasteiger partial charge in [-0.2, -0.15) is 0 Å². The third-order valence-electron chi connectivity index (χ3n) is 5.29. The minimum atomic E-state index is -0.281. The zero-order valence-corrected chi connectivity index (χ0v) is 17.0. The molecular formula is C22H29N3O4. The summed E-state index contributed by atoms with van der Waals surface area (Å²) in [4.78, 5) is 27.2. The highest BCUT2D eigenvalue weighted by molar-refractivity contribution is 5.95. The lowest BCUT2D eigenvalue weighted by Crippen LogP contribution is -2.48. The van der Waals surface area contributed by atoms with Crippen LogP contribution in [0.3, 0.4) is 0 Å². The maximum absolute atomic E-state index is 12.7. The number of carbonyl (C=O) groups is 2. The number of hydrogen-bond acceptors (Lipinski definition) is 5. The first-order chi connectivity index (χ1) is 14.1. The Kier molecular flexibility index (Phi) is 7.30. The molecule has 0 bridgehead atoms. The maximum atomic E-state index is 12.7. The number of nitrogens with zero attached hydrogens (tertiary/aromatic N) is 1. The minimum absolute atomic E-state index is 0.0323. The van der Waals surface area contributed by atoms with Crippen LogP contribution >= 0.6 is 0 Å². The fourth-order valence-corrected chi connectivity index (χ4v) is 3.53. The topological polar surface area (TPSA) is 83.8 Å².